The van der Waals surface area contributed by atoms with Gasteiger partial charge in [0.15, 0.2) is 0 Å². The fraction of sp³-hybridized carbons (Fsp3) is 0.303. The Kier molecular flexibility index (Phi) is 6.58. The van der Waals surface area contributed by atoms with Crippen LogP contribution in [0.5, 0.6) is 0 Å². The molecule has 4 aromatic rings. The number of carbonyl (C=O) groups is 2. The number of piperidine rings is 1. The van der Waals surface area contributed by atoms with Gasteiger partial charge in [-0.15, -0.1) is 11.3 Å². The summed E-state index contributed by atoms with van der Waals surface area (Å²) in [7, 11) is 0. The molecule has 3 aliphatic rings. The number of aryl methyl sites for hydroxylation is 1. The SMILES string of the molecule is Cc1cccc(F)c1NC(=O)c1cc2c(s1)-c1ccccc1N(C(=O)c1cccc(N3CC4CCC(C4)C3)n1)CC2. The maximum atomic E-state index is 14.4. The average molecular weight is 567 g/mol. The van der Waals surface area contributed by atoms with Gasteiger partial charge in [0.1, 0.15) is 17.3 Å². The number of halogens is 1. The minimum atomic E-state index is -0.457. The predicted octanol–water partition coefficient (Wildman–Crippen LogP) is 6.95. The molecule has 2 unspecified atom stereocenters. The van der Waals surface area contributed by atoms with Gasteiger partial charge in [-0.3, -0.25) is 9.59 Å². The van der Waals surface area contributed by atoms with Gasteiger partial charge in [0.2, 0.25) is 0 Å². The molecule has 2 fully saturated rings. The molecule has 1 N–H and O–H groups in total. The first kappa shape index (κ1) is 25.9. The van der Waals surface area contributed by atoms with Crippen molar-refractivity contribution in [1.82, 2.24) is 4.98 Å². The molecule has 2 atom stereocenters. The van der Waals surface area contributed by atoms with E-state index < -0.39 is 5.82 Å². The van der Waals surface area contributed by atoms with Gasteiger partial charge in [0.05, 0.1) is 16.3 Å². The van der Waals surface area contributed by atoms with Crippen molar-refractivity contribution in [2.45, 2.75) is 32.6 Å². The number of carbonyl (C=O) groups excluding carboxylic acids is 2. The highest BCUT2D eigenvalue weighted by atomic mass is 32.1. The molecule has 7 rings (SSSR count). The van der Waals surface area contributed by atoms with Crippen molar-refractivity contribution in [3.8, 4) is 10.4 Å². The van der Waals surface area contributed by atoms with E-state index in [2.05, 4.69) is 10.2 Å². The first-order valence-electron chi connectivity index (χ1n) is 14.3. The van der Waals surface area contributed by atoms with E-state index in [0.29, 0.717) is 29.1 Å². The van der Waals surface area contributed by atoms with Crippen LogP contribution in [-0.2, 0) is 6.42 Å². The van der Waals surface area contributed by atoms with Crippen molar-refractivity contribution in [2.75, 3.05) is 34.8 Å². The topological polar surface area (TPSA) is 65.5 Å². The van der Waals surface area contributed by atoms with Gasteiger partial charge in [0, 0.05) is 30.1 Å². The number of rotatable bonds is 4. The van der Waals surface area contributed by atoms with Crippen molar-refractivity contribution in [2.24, 2.45) is 11.8 Å². The van der Waals surface area contributed by atoms with E-state index in [1.54, 1.807) is 25.1 Å². The van der Waals surface area contributed by atoms with Gasteiger partial charge >= 0.3 is 0 Å². The second-order valence-corrected chi connectivity index (χ2v) is 12.5. The molecule has 2 aromatic carbocycles. The summed E-state index contributed by atoms with van der Waals surface area (Å²) in [6, 6.07) is 20.2. The van der Waals surface area contributed by atoms with Crippen LogP contribution in [0.25, 0.3) is 10.4 Å². The Bertz CT molecular complexity index is 1630. The molecule has 1 saturated heterocycles. The van der Waals surface area contributed by atoms with Gasteiger partial charge in [-0.2, -0.15) is 0 Å². The van der Waals surface area contributed by atoms with E-state index in [-0.39, 0.29) is 17.5 Å². The highest BCUT2D eigenvalue weighted by Gasteiger charge is 2.34. The standard InChI is InChI=1S/C33H31FN4O2S/c1-20-6-4-8-25(34)30(20)36-32(39)28-17-23-14-15-38(27-10-3-2-7-24(27)31(23)41-28)33(40)26-9-5-11-29(35-26)37-18-21-12-13-22(16-21)19-37/h2-11,17,21-22H,12-16,18-19H2,1H3,(H,36,39). The van der Waals surface area contributed by atoms with Crippen LogP contribution in [-0.4, -0.2) is 36.4 Å². The molecule has 4 heterocycles. The summed E-state index contributed by atoms with van der Waals surface area (Å²) in [6.45, 7) is 4.26. The molecule has 0 spiro atoms. The second-order valence-electron chi connectivity index (χ2n) is 11.4. The highest BCUT2D eigenvalue weighted by molar-refractivity contribution is 7.17. The van der Waals surface area contributed by atoms with E-state index in [0.717, 1.165) is 52.4 Å². The van der Waals surface area contributed by atoms with Gasteiger partial charge in [-0.1, -0.05) is 36.4 Å². The van der Waals surface area contributed by atoms with Gasteiger partial charge in [0.25, 0.3) is 11.8 Å². The molecular weight excluding hydrogens is 535 g/mol. The third kappa shape index (κ3) is 4.80. The lowest BCUT2D eigenvalue weighted by Crippen LogP contribution is -2.37. The van der Waals surface area contributed by atoms with Gasteiger partial charge < -0.3 is 15.1 Å². The lowest BCUT2D eigenvalue weighted by atomic mass is 9.99. The van der Waals surface area contributed by atoms with Crippen molar-refractivity contribution in [1.29, 1.82) is 0 Å². The van der Waals surface area contributed by atoms with Crippen LogP contribution in [0, 0.1) is 24.6 Å². The number of aromatic nitrogens is 1. The van der Waals surface area contributed by atoms with Crippen LogP contribution in [0.1, 0.15) is 50.5 Å². The Labute approximate surface area is 242 Å². The molecule has 1 aliphatic carbocycles. The minimum Gasteiger partial charge on any atom is -0.356 e. The Hall–Kier alpha value is -4.04. The highest BCUT2D eigenvalue weighted by Crippen LogP contribution is 2.42. The molecule has 1 saturated carbocycles. The number of pyridine rings is 1. The average Bonchev–Trinajstić information content (AvgIpc) is 3.53. The van der Waals surface area contributed by atoms with E-state index in [1.807, 2.05) is 47.4 Å². The number of para-hydroxylation sites is 2. The molecular formula is C33H31FN4O2S. The zero-order chi connectivity index (χ0) is 28.1. The third-order valence-electron chi connectivity index (χ3n) is 8.67. The van der Waals surface area contributed by atoms with E-state index in [9.17, 15) is 14.0 Å². The lowest BCUT2D eigenvalue weighted by Gasteiger charge is -2.33. The first-order valence-corrected chi connectivity index (χ1v) is 15.1. The Morgan fingerprint density at radius 2 is 1.78 bits per heavy atom. The molecule has 2 aromatic heterocycles. The zero-order valence-electron chi connectivity index (χ0n) is 22.9. The number of hydrogen-bond donors (Lipinski definition) is 1. The van der Waals surface area contributed by atoms with Crippen molar-refractivity contribution in [3.05, 3.63) is 94.2 Å². The van der Waals surface area contributed by atoms with E-state index >= 15 is 0 Å². The van der Waals surface area contributed by atoms with Crippen LogP contribution in [0.4, 0.5) is 21.6 Å². The number of benzene rings is 2. The summed E-state index contributed by atoms with van der Waals surface area (Å²) in [6.07, 6.45) is 4.49. The summed E-state index contributed by atoms with van der Waals surface area (Å²) in [5.74, 6) is 1.43. The number of amides is 2. The third-order valence-corrected chi connectivity index (χ3v) is 9.88. The Morgan fingerprint density at radius 3 is 2.59 bits per heavy atom. The Morgan fingerprint density at radius 1 is 1.00 bits per heavy atom. The van der Waals surface area contributed by atoms with Gasteiger partial charge in [-0.25, -0.2) is 9.37 Å². The zero-order valence-corrected chi connectivity index (χ0v) is 23.7. The summed E-state index contributed by atoms with van der Waals surface area (Å²) in [5, 5.41) is 2.75. The summed E-state index contributed by atoms with van der Waals surface area (Å²) < 4.78 is 14.4. The fourth-order valence-corrected chi connectivity index (χ4v) is 7.78. The molecule has 208 valence electrons. The van der Waals surface area contributed by atoms with Crippen LogP contribution >= 0.6 is 11.3 Å². The Balaban J connectivity index is 1.16. The number of nitrogens with one attached hydrogen (secondary N) is 1. The molecule has 6 nitrogen and oxygen atoms in total. The fourth-order valence-electron chi connectivity index (χ4n) is 6.64. The number of nitrogens with zero attached hydrogens (tertiary/aromatic N) is 3. The molecule has 2 amide bonds. The number of thiophene rings is 1. The largest absolute Gasteiger partial charge is 0.356 e. The molecule has 8 heteroatoms. The summed E-state index contributed by atoms with van der Waals surface area (Å²) >= 11 is 1.37. The van der Waals surface area contributed by atoms with E-state index in [1.165, 1.54) is 36.7 Å². The second kappa shape index (κ2) is 10.4. The molecule has 2 bridgehead atoms. The molecule has 0 radical (unpaired) electrons. The van der Waals surface area contributed by atoms with Crippen LogP contribution in [0.15, 0.2) is 66.7 Å². The predicted molar refractivity (Wildman–Crippen MR) is 162 cm³/mol. The van der Waals surface area contributed by atoms with Gasteiger partial charge in [-0.05, 0) is 85.9 Å². The normalized spacial score (nSPS) is 19.4. The molecule has 2 aliphatic heterocycles. The molecule has 41 heavy (non-hydrogen) atoms. The number of hydrogen-bond acceptors (Lipinski definition) is 5. The quantitative estimate of drug-likeness (QED) is 0.290. The maximum absolute atomic E-state index is 14.4. The van der Waals surface area contributed by atoms with Crippen LogP contribution in [0.3, 0.4) is 0 Å². The monoisotopic (exact) mass is 566 g/mol. The number of anilines is 3. The maximum Gasteiger partial charge on any atom is 0.276 e. The first-order chi connectivity index (χ1) is 19.9. The van der Waals surface area contributed by atoms with Crippen molar-refractivity contribution < 1.29 is 14.0 Å². The van der Waals surface area contributed by atoms with Crippen LogP contribution in [0.2, 0.25) is 0 Å². The van der Waals surface area contributed by atoms with Crippen LogP contribution < -0.4 is 15.1 Å². The minimum absolute atomic E-state index is 0.123. The smallest absolute Gasteiger partial charge is 0.276 e. The number of fused-ring (bicyclic) bond motifs is 5. The summed E-state index contributed by atoms with van der Waals surface area (Å²) in [5.41, 5.74) is 4.02. The summed E-state index contributed by atoms with van der Waals surface area (Å²) in [4.78, 5) is 37.6. The lowest BCUT2D eigenvalue weighted by molar-refractivity contribution is 0.0981. The van der Waals surface area contributed by atoms with Crippen molar-refractivity contribution in [3.63, 3.8) is 0 Å². The van der Waals surface area contributed by atoms with Crippen molar-refractivity contribution >= 4 is 40.3 Å². The van der Waals surface area contributed by atoms with E-state index in [4.69, 9.17) is 4.98 Å².